The number of ether oxygens (including phenoxy) is 1. The molecule has 1 atom stereocenters. The summed E-state index contributed by atoms with van der Waals surface area (Å²) < 4.78 is 5.16. The Bertz CT molecular complexity index is 471. The van der Waals surface area contributed by atoms with Crippen LogP contribution >= 0.6 is 0 Å². The van der Waals surface area contributed by atoms with Crippen LogP contribution in [0.4, 0.5) is 5.95 Å². The lowest BCUT2D eigenvalue weighted by molar-refractivity contribution is 0.0296. The van der Waals surface area contributed by atoms with Gasteiger partial charge in [0, 0.05) is 38.8 Å². The number of piperazine rings is 1. The van der Waals surface area contributed by atoms with Crippen LogP contribution in [0.2, 0.25) is 0 Å². The number of rotatable bonds is 1. The van der Waals surface area contributed by atoms with Gasteiger partial charge in [0.25, 0.3) is 0 Å². The van der Waals surface area contributed by atoms with Gasteiger partial charge in [0.15, 0.2) is 0 Å². The molecule has 0 amide bonds. The fraction of sp³-hybridized carbons (Fsp3) is 0.583. The van der Waals surface area contributed by atoms with Crippen LogP contribution < -0.4 is 10.2 Å². The summed E-state index contributed by atoms with van der Waals surface area (Å²) in [7, 11) is 0. The van der Waals surface area contributed by atoms with E-state index in [9.17, 15) is 4.79 Å². The third kappa shape index (κ3) is 2.03. The second-order valence-electron chi connectivity index (χ2n) is 4.69. The molecule has 6 heteroatoms. The van der Waals surface area contributed by atoms with Crippen LogP contribution in [-0.4, -0.2) is 48.2 Å². The first-order valence-electron chi connectivity index (χ1n) is 6.26. The molecule has 1 unspecified atom stereocenters. The predicted octanol–water partition coefficient (Wildman–Crippen LogP) is -0.0124. The number of anilines is 1. The smallest absolute Gasteiger partial charge is 0.341 e. The molecular weight excluding hydrogens is 232 g/mol. The molecule has 0 radical (unpaired) electrons. The molecule has 1 saturated heterocycles. The largest absolute Gasteiger partial charge is 0.459 e. The van der Waals surface area contributed by atoms with Crippen molar-refractivity contribution < 1.29 is 9.53 Å². The summed E-state index contributed by atoms with van der Waals surface area (Å²) in [6.07, 6.45) is 2.16. The third-order valence-electron chi connectivity index (χ3n) is 3.26. The summed E-state index contributed by atoms with van der Waals surface area (Å²) in [5.41, 5.74) is 1.31. The molecule has 1 aromatic heterocycles. The van der Waals surface area contributed by atoms with E-state index in [0.29, 0.717) is 12.0 Å². The minimum atomic E-state index is -0.310. The van der Waals surface area contributed by atoms with Gasteiger partial charge >= 0.3 is 5.97 Å². The van der Waals surface area contributed by atoms with Gasteiger partial charge in [-0.2, -0.15) is 0 Å². The first kappa shape index (κ1) is 11.4. The molecular formula is C12H16N4O2. The van der Waals surface area contributed by atoms with E-state index in [1.807, 2.05) is 6.92 Å². The van der Waals surface area contributed by atoms with Crippen molar-refractivity contribution in [3.8, 4) is 0 Å². The lowest BCUT2D eigenvalue weighted by atomic mass is 10.1. The Morgan fingerprint density at radius 2 is 2.22 bits per heavy atom. The number of carbonyl (C=O) groups excluding carboxylic acids is 1. The summed E-state index contributed by atoms with van der Waals surface area (Å²) in [6.45, 7) is 5.57. The maximum absolute atomic E-state index is 11.7. The van der Waals surface area contributed by atoms with Crippen molar-refractivity contribution in [2.24, 2.45) is 0 Å². The van der Waals surface area contributed by atoms with Crippen molar-refractivity contribution in [2.45, 2.75) is 19.4 Å². The normalized spacial score (nSPS) is 23.5. The van der Waals surface area contributed by atoms with Gasteiger partial charge in [-0.3, -0.25) is 0 Å². The minimum Gasteiger partial charge on any atom is -0.459 e. The van der Waals surface area contributed by atoms with Crippen molar-refractivity contribution in [1.82, 2.24) is 15.3 Å². The Morgan fingerprint density at radius 1 is 1.44 bits per heavy atom. The second-order valence-corrected chi connectivity index (χ2v) is 4.69. The summed E-state index contributed by atoms with van der Waals surface area (Å²) >= 11 is 0. The number of nitrogens with zero attached hydrogens (tertiary/aromatic N) is 3. The number of cyclic esters (lactones) is 1. The van der Waals surface area contributed by atoms with Gasteiger partial charge < -0.3 is 15.0 Å². The van der Waals surface area contributed by atoms with Crippen LogP contribution in [0.25, 0.3) is 0 Å². The Balaban J connectivity index is 1.90. The SMILES string of the molecule is CC1Cc2nc(N3CCNCC3)ncc2C(=O)O1. The number of fused-ring (bicyclic) bond motifs is 1. The molecule has 0 aliphatic carbocycles. The van der Waals surface area contributed by atoms with Crippen LogP contribution in [0.15, 0.2) is 6.20 Å². The van der Waals surface area contributed by atoms with Crippen molar-refractivity contribution >= 4 is 11.9 Å². The van der Waals surface area contributed by atoms with Gasteiger partial charge in [0.05, 0.1) is 11.3 Å². The van der Waals surface area contributed by atoms with Crippen LogP contribution in [0.5, 0.6) is 0 Å². The molecule has 2 aliphatic rings. The average Bonchev–Trinajstić information content (AvgIpc) is 2.39. The molecule has 0 spiro atoms. The summed E-state index contributed by atoms with van der Waals surface area (Å²) in [6, 6.07) is 0. The Morgan fingerprint density at radius 3 is 3.00 bits per heavy atom. The van der Waals surface area contributed by atoms with E-state index >= 15 is 0 Å². The molecule has 0 bridgehead atoms. The highest BCUT2D eigenvalue weighted by Gasteiger charge is 2.26. The van der Waals surface area contributed by atoms with Crippen LogP contribution in [0, 0.1) is 0 Å². The number of carbonyl (C=O) groups is 1. The van der Waals surface area contributed by atoms with Crippen molar-refractivity contribution in [2.75, 3.05) is 31.1 Å². The molecule has 1 N–H and O–H groups in total. The standard InChI is InChI=1S/C12H16N4O2/c1-8-6-10-9(11(17)18-8)7-14-12(15-10)16-4-2-13-3-5-16/h7-8,13H,2-6H2,1H3. The maximum Gasteiger partial charge on any atom is 0.341 e. The number of esters is 1. The highest BCUT2D eigenvalue weighted by Crippen LogP contribution is 2.20. The van der Waals surface area contributed by atoms with Gasteiger partial charge in [0.1, 0.15) is 6.10 Å². The molecule has 3 rings (SSSR count). The van der Waals surface area contributed by atoms with Gasteiger partial charge in [0.2, 0.25) is 5.95 Å². The monoisotopic (exact) mass is 248 g/mol. The van der Waals surface area contributed by atoms with Crippen LogP contribution in [0.1, 0.15) is 23.0 Å². The van der Waals surface area contributed by atoms with Crippen molar-refractivity contribution in [3.05, 3.63) is 17.5 Å². The number of hydrogen-bond acceptors (Lipinski definition) is 6. The zero-order chi connectivity index (χ0) is 12.5. The second kappa shape index (κ2) is 4.53. The Kier molecular flexibility index (Phi) is 2.87. The van der Waals surface area contributed by atoms with E-state index < -0.39 is 0 Å². The van der Waals surface area contributed by atoms with E-state index in [4.69, 9.17) is 4.74 Å². The molecule has 0 saturated carbocycles. The fourth-order valence-corrected chi connectivity index (χ4v) is 2.31. The molecule has 18 heavy (non-hydrogen) atoms. The lowest BCUT2D eigenvalue weighted by Crippen LogP contribution is -2.44. The fourth-order valence-electron chi connectivity index (χ4n) is 2.31. The molecule has 1 fully saturated rings. The minimum absolute atomic E-state index is 0.101. The topological polar surface area (TPSA) is 67.4 Å². The highest BCUT2D eigenvalue weighted by molar-refractivity contribution is 5.91. The number of aromatic nitrogens is 2. The van der Waals surface area contributed by atoms with Gasteiger partial charge in [-0.05, 0) is 6.92 Å². The van der Waals surface area contributed by atoms with Crippen LogP contribution in [0.3, 0.4) is 0 Å². The Labute approximate surface area is 105 Å². The molecule has 3 heterocycles. The number of hydrogen-bond donors (Lipinski definition) is 1. The van der Waals surface area contributed by atoms with Crippen LogP contribution in [-0.2, 0) is 11.2 Å². The molecule has 6 nitrogen and oxygen atoms in total. The van der Waals surface area contributed by atoms with E-state index in [2.05, 4.69) is 20.2 Å². The zero-order valence-corrected chi connectivity index (χ0v) is 10.3. The molecule has 96 valence electrons. The highest BCUT2D eigenvalue weighted by atomic mass is 16.5. The summed E-state index contributed by atoms with van der Waals surface area (Å²) in [5, 5.41) is 3.29. The summed E-state index contributed by atoms with van der Waals surface area (Å²) in [5.74, 6) is 0.410. The zero-order valence-electron chi connectivity index (χ0n) is 10.3. The average molecular weight is 248 g/mol. The lowest BCUT2D eigenvalue weighted by Gasteiger charge is -2.28. The maximum atomic E-state index is 11.7. The van der Waals surface area contributed by atoms with Gasteiger partial charge in [-0.15, -0.1) is 0 Å². The first-order valence-corrected chi connectivity index (χ1v) is 6.26. The van der Waals surface area contributed by atoms with E-state index in [0.717, 1.165) is 37.8 Å². The molecule has 1 aromatic rings. The Hall–Kier alpha value is -1.69. The van der Waals surface area contributed by atoms with E-state index in [-0.39, 0.29) is 12.1 Å². The molecule has 2 aliphatic heterocycles. The summed E-state index contributed by atoms with van der Waals surface area (Å²) in [4.78, 5) is 22.6. The van der Waals surface area contributed by atoms with Crippen molar-refractivity contribution in [1.29, 1.82) is 0 Å². The molecule has 0 aromatic carbocycles. The van der Waals surface area contributed by atoms with Crippen molar-refractivity contribution in [3.63, 3.8) is 0 Å². The predicted molar refractivity (Wildman–Crippen MR) is 65.7 cm³/mol. The van der Waals surface area contributed by atoms with E-state index in [1.165, 1.54) is 0 Å². The third-order valence-corrected chi connectivity index (χ3v) is 3.26. The van der Waals surface area contributed by atoms with Gasteiger partial charge in [-0.25, -0.2) is 14.8 Å². The quantitative estimate of drug-likeness (QED) is 0.705. The number of nitrogens with one attached hydrogen (secondary N) is 1. The first-order chi connectivity index (χ1) is 8.74. The van der Waals surface area contributed by atoms with Gasteiger partial charge in [-0.1, -0.05) is 0 Å². The van der Waals surface area contributed by atoms with E-state index in [1.54, 1.807) is 6.20 Å².